The highest BCUT2D eigenvalue weighted by atomic mass is 16.6. The third-order valence-corrected chi connectivity index (χ3v) is 2.61. The van der Waals surface area contributed by atoms with Crippen molar-refractivity contribution in [2.45, 2.75) is 19.4 Å². The summed E-state index contributed by atoms with van der Waals surface area (Å²) < 4.78 is 7.01. The molecule has 0 aliphatic carbocycles. The third-order valence-electron chi connectivity index (χ3n) is 2.61. The van der Waals surface area contributed by atoms with Gasteiger partial charge in [-0.1, -0.05) is 6.07 Å². The van der Waals surface area contributed by atoms with Crippen molar-refractivity contribution >= 4 is 18.0 Å². The van der Waals surface area contributed by atoms with Crippen LogP contribution in [0.1, 0.15) is 13.8 Å². The van der Waals surface area contributed by atoms with E-state index in [4.69, 9.17) is 10.1 Å². The number of esters is 1. The Bertz CT molecular complexity index is 538. The van der Waals surface area contributed by atoms with Crippen LogP contribution in [0.3, 0.4) is 0 Å². The van der Waals surface area contributed by atoms with E-state index in [2.05, 4.69) is 5.87 Å². The van der Waals surface area contributed by atoms with Crippen LogP contribution in [0.5, 0.6) is 0 Å². The molecule has 1 aliphatic rings. The number of carbonyl (C=O) groups is 1. The van der Waals surface area contributed by atoms with Crippen LogP contribution >= 0.6 is 0 Å². The zero-order valence-corrected chi connectivity index (χ0v) is 9.73. The van der Waals surface area contributed by atoms with Crippen LogP contribution in [0.15, 0.2) is 41.7 Å². The molecule has 1 saturated heterocycles. The van der Waals surface area contributed by atoms with Crippen molar-refractivity contribution in [1.29, 1.82) is 5.41 Å². The quantitative estimate of drug-likeness (QED) is 0.342. The Hall–Kier alpha value is -2.19. The number of nitrogens with one attached hydrogen (secondary N) is 1. The molecule has 1 aromatic heterocycles. The highest BCUT2D eigenvalue weighted by Crippen LogP contribution is 2.34. The van der Waals surface area contributed by atoms with Gasteiger partial charge in [-0.05, 0) is 19.7 Å². The summed E-state index contributed by atoms with van der Waals surface area (Å²) in [7, 11) is 0. The summed E-state index contributed by atoms with van der Waals surface area (Å²) in [6.07, 6.45) is 5.49. The predicted molar refractivity (Wildman–Crippen MR) is 62.3 cm³/mol. The summed E-state index contributed by atoms with van der Waals surface area (Å²) in [5, 5.41) is 7.17. The van der Waals surface area contributed by atoms with Gasteiger partial charge in [-0.15, -0.1) is 0 Å². The van der Waals surface area contributed by atoms with Crippen LogP contribution in [0.2, 0.25) is 0 Å². The van der Waals surface area contributed by atoms with E-state index in [0.29, 0.717) is 5.57 Å². The van der Waals surface area contributed by atoms with Gasteiger partial charge in [0.2, 0.25) is 0 Å². The largest absolute Gasteiger partial charge is 0.450 e. The van der Waals surface area contributed by atoms with Gasteiger partial charge in [-0.3, -0.25) is 5.41 Å². The fourth-order valence-corrected chi connectivity index (χ4v) is 1.73. The molecule has 1 aliphatic heterocycles. The maximum atomic E-state index is 11.5. The van der Waals surface area contributed by atoms with Crippen LogP contribution in [-0.4, -0.2) is 17.4 Å². The molecule has 0 aromatic carbocycles. The lowest BCUT2D eigenvalue weighted by Crippen LogP contribution is -2.29. The molecule has 0 spiro atoms. The van der Waals surface area contributed by atoms with E-state index in [1.807, 2.05) is 35.2 Å². The van der Waals surface area contributed by atoms with Crippen molar-refractivity contribution < 1.29 is 14.1 Å². The fourth-order valence-electron chi connectivity index (χ4n) is 1.73. The molecule has 86 valence electrons. The molecule has 0 amide bonds. The monoisotopic (exact) mass is 229 g/mol. The van der Waals surface area contributed by atoms with Crippen LogP contribution in [0, 0.1) is 5.41 Å². The van der Waals surface area contributed by atoms with Crippen LogP contribution in [0.4, 0.5) is 0 Å². The molecule has 0 bridgehead atoms. The number of pyridine rings is 1. The lowest BCUT2D eigenvalue weighted by Gasteiger charge is -2.15. The minimum Gasteiger partial charge on any atom is -0.450 e. The second-order valence-electron chi connectivity index (χ2n) is 4.27. The zero-order chi connectivity index (χ0) is 12.5. The molecule has 4 heteroatoms. The van der Waals surface area contributed by atoms with Crippen LogP contribution in [0.25, 0.3) is 6.20 Å². The van der Waals surface area contributed by atoms with E-state index >= 15 is 0 Å². The zero-order valence-electron chi connectivity index (χ0n) is 9.73. The number of hydrogen-bond acceptors (Lipinski definition) is 3. The lowest BCUT2D eigenvalue weighted by atomic mass is 9.96. The first-order chi connectivity index (χ1) is 8.04. The first-order valence-electron chi connectivity index (χ1n) is 5.26. The van der Waals surface area contributed by atoms with Gasteiger partial charge in [0.05, 0.1) is 5.57 Å². The summed E-state index contributed by atoms with van der Waals surface area (Å²) >= 11 is 0. The maximum absolute atomic E-state index is 11.5. The number of carbonyl (C=O) groups excluding carboxylic acids is 1. The lowest BCUT2D eigenvalue weighted by molar-refractivity contribution is -0.569. The summed E-state index contributed by atoms with van der Waals surface area (Å²) in [6.45, 7) is 3.59. The van der Waals surface area contributed by atoms with Crippen molar-refractivity contribution in [3.05, 3.63) is 41.7 Å². The minimum atomic E-state index is -0.719. The first-order valence-corrected chi connectivity index (χ1v) is 5.26. The van der Waals surface area contributed by atoms with Gasteiger partial charge in [0.1, 0.15) is 11.2 Å². The highest BCUT2D eigenvalue weighted by molar-refractivity contribution is 6.06. The van der Waals surface area contributed by atoms with E-state index in [1.165, 1.54) is 0 Å². The minimum absolute atomic E-state index is 0.186. The normalized spacial score (nSPS) is 20.2. The number of rotatable bonds is 1. The molecule has 0 radical (unpaired) electrons. The van der Waals surface area contributed by atoms with Gasteiger partial charge in [0.15, 0.2) is 18.6 Å². The highest BCUT2D eigenvalue weighted by Gasteiger charge is 2.43. The second kappa shape index (κ2) is 4.00. The molecule has 1 fully saturated rings. The third kappa shape index (κ3) is 2.03. The Balaban J connectivity index is 2.53. The number of hydrogen-bond donors (Lipinski definition) is 1. The Kier molecular flexibility index (Phi) is 2.66. The first kappa shape index (κ1) is 11.3. The number of ether oxygens (including phenoxy) is 1. The van der Waals surface area contributed by atoms with Crippen LogP contribution < -0.4 is 4.57 Å². The number of aromatic nitrogens is 1. The van der Waals surface area contributed by atoms with E-state index in [1.54, 1.807) is 20.0 Å². The summed E-state index contributed by atoms with van der Waals surface area (Å²) in [5.41, 5.74) is 0.128. The smallest absolute Gasteiger partial charge is 0.349 e. The van der Waals surface area contributed by atoms with Gasteiger partial charge in [-0.25, -0.2) is 4.79 Å². The van der Waals surface area contributed by atoms with Crippen molar-refractivity contribution in [1.82, 2.24) is 0 Å². The van der Waals surface area contributed by atoms with Crippen LogP contribution in [-0.2, 0) is 9.53 Å². The molecule has 2 rings (SSSR count). The molecule has 4 nitrogen and oxygen atoms in total. The second-order valence-corrected chi connectivity index (χ2v) is 4.27. The summed E-state index contributed by atoms with van der Waals surface area (Å²) in [4.78, 5) is 11.5. The topological polar surface area (TPSA) is 54.0 Å². The predicted octanol–water partition coefficient (Wildman–Crippen LogP) is 1.33. The fraction of sp³-hybridized carbons (Fsp3) is 0.231. The Morgan fingerprint density at radius 2 is 2.00 bits per heavy atom. The van der Waals surface area contributed by atoms with Crippen molar-refractivity contribution in [3.8, 4) is 0 Å². The van der Waals surface area contributed by atoms with E-state index in [0.717, 1.165) is 0 Å². The van der Waals surface area contributed by atoms with Crippen molar-refractivity contribution in [3.63, 3.8) is 0 Å². The molecule has 1 N–H and O–H groups in total. The number of nitrogens with zero attached hydrogens (tertiary/aromatic N) is 1. The van der Waals surface area contributed by atoms with E-state index in [-0.39, 0.29) is 5.57 Å². The number of cyclic esters (lactones) is 1. The Labute approximate surface area is 99.4 Å². The maximum Gasteiger partial charge on any atom is 0.349 e. The molecule has 0 atom stereocenters. The molecule has 0 saturated carbocycles. The Morgan fingerprint density at radius 3 is 2.59 bits per heavy atom. The Morgan fingerprint density at radius 1 is 1.35 bits per heavy atom. The van der Waals surface area contributed by atoms with E-state index in [9.17, 15) is 4.79 Å². The SMILES string of the molecule is CC1(C)OC(=O)C(=C=N)C1=C[n+]1ccccc1. The molecule has 2 heterocycles. The van der Waals surface area contributed by atoms with E-state index < -0.39 is 11.6 Å². The molecular formula is C13H13N2O2+. The van der Waals surface area contributed by atoms with Gasteiger partial charge in [0.25, 0.3) is 0 Å². The van der Waals surface area contributed by atoms with Gasteiger partial charge in [-0.2, -0.15) is 4.57 Å². The average Bonchev–Trinajstić information content (AvgIpc) is 2.50. The molecule has 1 aromatic rings. The molecule has 0 unspecified atom stereocenters. The molecule has 17 heavy (non-hydrogen) atoms. The van der Waals surface area contributed by atoms with Gasteiger partial charge >= 0.3 is 5.97 Å². The standard InChI is InChI=1S/C13H13N2O2/c1-13(2)11(10(8-14)12(16)17-13)9-15-6-4-3-5-7-15/h3-7,9,14H,1-2H3/q+1. The summed E-state index contributed by atoms with van der Waals surface area (Å²) in [6, 6.07) is 5.68. The summed E-state index contributed by atoms with van der Waals surface area (Å²) in [5.74, 6) is 1.66. The average molecular weight is 229 g/mol. The van der Waals surface area contributed by atoms with Crippen molar-refractivity contribution in [2.75, 3.05) is 0 Å². The molecular weight excluding hydrogens is 216 g/mol. The van der Waals surface area contributed by atoms with Crippen molar-refractivity contribution in [2.24, 2.45) is 0 Å². The van der Waals surface area contributed by atoms with Gasteiger partial charge in [0, 0.05) is 12.1 Å². The van der Waals surface area contributed by atoms with Gasteiger partial charge < -0.3 is 4.74 Å².